The van der Waals surface area contributed by atoms with E-state index in [1.54, 1.807) is 6.20 Å². The molecule has 120 valence electrons. The lowest BCUT2D eigenvalue weighted by molar-refractivity contribution is 0.153. The highest BCUT2D eigenvalue weighted by Gasteiger charge is 2.22. The van der Waals surface area contributed by atoms with Crippen molar-refractivity contribution in [3.05, 3.63) is 30.2 Å². The molecule has 1 saturated heterocycles. The van der Waals surface area contributed by atoms with E-state index in [2.05, 4.69) is 14.9 Å². The quantitative estimate of drug-likeness (QED) is 0.774. The molecule has 0 amide bonds. The molecule has 1 N–H and O–H groups in total. The van der Waals surface area contributed by atoms with Gasteiger partial charge in [0, 0.05) is 50.4 Å². The van der Waals surface area contributed by atoms with E-state index >= 15 is 0 Å². The first kappa shape index (κ1) is 14.2. The molecule has 3 aromatic heterocycles. The molecule has 7 nitrogen and oxygen atoms in total. The fourth-order valence-corrected chi connectivity index (χ4v) is 3.19. The molecule has 1 atom stereocenters. The molecule has 1 aliphatic heterocycles. The van der Waals surface area contributed by atoms with Gasteiger partial charge in [0.25, 0.3) is 0 Å². The maximum atomic E-state index is 9.97. The van der Waals surface area contributed by atoms with Crippen molar-refractivity contribution in [1.29, 1.82) is 0 Å². The number of aromatic nitrogens is 5. The van der Waals surface area contributed by atoms with E-state index in [1.165, 1.54) is 0 Å². The molecule has 0 spiro atoms. The van der Waals surface area contributed by atoms with Crippen molar-refractivity contribution in [2.45, 2.75) is 25.9 Å². The first-order valence-electron chi connectivity index (χ1n) is 7.90. The summed E-state index contributed by atoms with van der Waals surface area (Å²) in [5.74, 6) is 1.80. The molecule has 0 aliphatic carbocycles. The van der Waals surface area contributed by atoms with Crippen molar-refractivity contribution in [1.82, 2.24) is 24.1 Å². The van der Waals surface area contributed by atoms with E-state index in [-0.39, 0.29) is 6.10 Å². The summed E-state index contributed by atoms with van der Waals surface area (Å²) in [6.07, 6.45) is 5.23. The highest BCUT2D eigenvalue weighted by molar-refractivity contribution is 5.61. The fraction of sp³-hybridized carbons (Fsp3) is 0.438. The SMILES string of the molecule is Cc1cc(N2CCC[C@@H](O)C2)n2nc(-c3nccn3C)cc2n1. The van der Waals surface area contributed by atoms with Crippen LogP contribution in [0.15, 0.2) is 24.5 Å². The number of hydrogen-bond acceptors (Lipinski definition) is 5. The van der Waals surface area contributed by atoms with E-state index in [0.29, 0.717) is 6.54 Å². The Balaban J connectivity index is 1.84. The molecule has 0 unspecified atom stereocenters. The second kappa shape index (κ2) is 5.34. The zero-order chi connectivity index (χ0) is 16.0. The standard InChI is InChI=1S/C16H20N6O/c1-11-8-15(21-6-3-4-12(23)10-21)22-14(18-11)9-13(19-22)16-17-5-7-20(16)2/h5,7-9,12,23H,3-4,6,10H2,1-2H3/t12-/m1/s1. The predicted molar refractivity (Wildman–Crippen MR) is 87.4 cm³/mol. The summed E-state index contributed by atoms with van der Waals surface area (Å²) in [5.41, 5.74) is 2.55. The normalized spacial score (nSPS) is 18.7. The van der Waals surface area contributed by atoms with Gasteiger partial charge in [-0.25, -0.2) is 9.97 Å². The number of aliphatic hydroxyl groups excluding tert-OH is 1. The van der Waals surface area contributed by atoms with Gasteiger partial charge in [-0.2, -0.15) is 9.61 Å². The number of hydrogen-bond donors (Lipinski definition) is 1. The highest BCUT2D eigenvalue weighted by atomic mass is 16.3. The molecule has 23 heavy (non-hydrogen) atoms. The minimum absolute atomic E-state index is 0.281. The molecular formula is C16H20N6O. The van der Waals surface area contributed by atoms with Gasteiger partial charge in [-0.15, -0.1) is 0 Å². The fourth-order valence-electron chi connectivity index (χ4n) is 3.19. The Labute approximate surface area is 134 Å². The van der Waals surface area contributed by atoms with Crippen LogP contribution in [0.4, 0.5) is 5.82 Å². The minimum atomic E-state index is -0.281. The van der Waals surface area contributed by atoms with Gasteiger partial charge in [0.1, 0.15) is 11.5 Å². The van der Waals surface area contributed by atoms with E-state index < -0.39 is 0 Å². The number of nitrogens with zero attached hydrogens (tertiary/aromatic N) is 6. The van der Waals surface area contributed by atoms with Gasteiger partial charge >= 0.3 is 0 Å². The molecule has 0 aromatic carbocycles. The maximum absolute atomic E-state index is 9.97. The largest absolute Gasteiger partial charge is 0.391 e. The third-order valence-corrected chi connectivity index (χ3v) is 4.31. The summed E-state index contributed by atoms with van der Waals surface area (Å²) >= 11 is 0. The number of aryl methyl sites for hydroxylation is 2. The molecule has 3 aromatic rings. The Bertz CT molecular complexity index is 851. The number of aliphatic hydroxyl groups is 1. The van der Waals surface area contributed by atoms with E-state index in [1.807, 2.05) is 41.4 Å². The van der Waals surface area contributed by atoms with Crippen LogP contribution in [-0.2, 0) is 7.05 Å². The Kier molecular flexibility index (Phi) is 3.30. The average molecular weight is 312 g/mol. The number of β-amino-alcohol motifs (C(OH)–C–C–N with tert-alkyl or cyclic N) is 1. The number of piperidine rings is 1. The molecule has 0 saturated carbocycles. The van der Waals surface area contributed by atoms with Gasteiger partial charge in [-0.1, -0.05) is 0 Å². The number of anilines is 1. The topological polar surface area (TPSA) is 71.5 Å². The van der Waals surface area contributed by atoms with Gasteiger partial charge in [-0.05, 0) is 19.8 Å². The van der Waals surface area contributed by atoms with Crippen LogP contribution < -0.4 is 4.90 Å². The van der Waals surface area contributed by atoms with Crippen molar-refractivity contribution >= 4 is 11.5 Å². The van der Waals surface area contributed by atoms with Crippen LogP contribution in [0.5, 0.6) is 0 Å². The van der Waals surface area contributed by atoms with Crippen molar-refractivity contribution in [2.75, 3.05) is 18.0 Å². The van der Waals surface area contributed by atoms with Gasteiger partial charge in [0.2, 0.25) is 0 Å². The van der Waals surface area contributed by atoms with Gasteiger partial charge < -0.3 is 14.6 Å². The summed E-state index contributed by atoms with van der Waals surface area (Å²) in [6, 6.07) is 3.99. The van der Waals surface area contributed by atoms with Crippen LogP contribution in [0, 0.1) is 6.92 Å². The number of imidazole rings is 1. The molecule has 0 bridgehead atoms. The summed E-state index contributed by atoms with van der Waals surface area (Å²) < 4.78 is 3.80. The van der Waals surface area contributed by atoms with Gasteiger partial charge in [-0.3, -0.25) is 0 Å². The maximum Gasteiger partial charge on any atom is 0.160 e. The zero-order valence-electron chi connectivity index (χ0n) is 13.3. The summed E-state index contributed by atoms with van der Waals surface area (Å²) in [7, 11) is 1.95. The van der Waals surface area contributed by atoms with Crippen molar-refractivity contribution in [3.8, 4) is 11.5 Å². The van der Waals surface area contributed by atoms with Crippen LogP contribution in [0.1, 0.15) is 18.5 Å². The first-order chi connectivity index (χ1) is 11.1. The van der Waals surface area contributed by atoms with Crippen molar-refractivity contribution in [3.63, 3.8) is 0 Å². The second-order valence-electron chi connectivity index (χ2n) is 6.16. The molecule has 7 heteroatoms. The highest BCUT2D eigenvalue weighted by Crippen LogP contribution is 2.24. The molecule has 1 fully saturated rings. The van der Waals surface area contributed by atoms with Crippen LogP contribution in [0.25, 0.3) is 17.2 Å². The van der Waals surface area contributed by atoms with Crippen LogP contribution in [0.2, 0.25) is 0 Å². The molecular weight excluding hydrogens is 292 g/mol. The Morgan fingerprint density at radius 3 is 2.91 bits per heavy atom. The third-order valence-electron chi connectivity index (χ3n) is 4.31. The average Bonchev–Trinajstić information content (AvgIpc) is 3.11. The number of fused-ring (bicyclic) bond motifs is 1. The second-order valence-corrected chi connectivity index (χ2v) is 6.16. The summed E-state index contributed by atoms with van der Waals surface area (Å²) in [5, 5.41) is 14.7. The monoisotopic (exact) mass is 312 g/mol. The third kappa shape index (κ3) is 2.46. The van der Waals surface area contributed by atoms with E-state index in [4.69, 9.17) is 5.10 Å². The van der Waals surface area contributed by atoms with Crippen molar-refractivity contribution in [2.24, 2.45) is 7.05 Å². The Morgan fingerprint density at radius 1 is 1.30 bits per heavy atom. The summed E-state index contributed by atoms with van der Waals surface area (Å²) in [6.45, 7) is 3.54. The molecule has 4 rings (SSSR count). The van der Waals surface area contributed by atoms with E-state index in [9.17, 15) is 5.11 Å². The molecule has 0 radical (unpaired) electrons. The lowest BCUT2D eigenvalue weighted by Gasteiger charge is -2.32. The smallest absolute Gasteiger partial charge is 0.160 e. The van der Waals surface area contributed by atoms with Crippen LogP contribution in [-0.4, -0.2) is 48.4 Å². The number of rotatable bonds is 2. The van der Waals surface area contributed by atoms with Crippen LogP contribution >= 0.6 is 0 Å². The first-order valence-corrected chi connectivity index (χ1v) is 7.90. The Hall–Kier alpha value is -2.41. The van der Waals surface area contributed by atoms with Crippen molar-refractivity contribution < 1.29 is 5.11 Å². The summed E-state index contributed by atoms with van der Waals surface area (Å²) in [4.78, 5) is 11.1. The van der Waals surface area contributed by atoms with Gasteiger partial charge in [0.15, 0.2) is 11.5 Å². The lowest BCUT2D eigenvalue weighted by atomic mass is 10.1. The lowest BCUT2D eigenvalue weighted by Crippen LogP contribution is -2.39. The van der Waals surface area contributed by atoms with Crippen LogP contribution in [0.3, 0.4) is 0 Å². The van der Waals surface area contributed by atoms with Gasteiger partial charge in [0.05, 0.1) is 6.10 Å². The Morgan fingerprint density at radius 2 is 2.17 bits per heavy atom. The minimum Gasteiger partial charge on any atom is -0.391 e. The zero-order valence-corrected chi connectivity index (χ0v) is 13.3. The predicted octanol–water partition coefficient (Wildman–Crippen LogP) is 1.40. The molecule has 4 heterocycles. The molecule has 1 aliphatic rings. The van der Waals surface area contributed by atoms with E-state index in [0.717, 1.165) is 48.1 Å².